The van der Waals surface area contributed by atoms with E-state index in [4.69, 9.17) is 34.8 Å². The molecule has 0 spiro atoms. The van der Waals surface area contributed by atoms with Crippen LogP contribution in [0.1, 0.15) is 15.9 Å². The largest absolute Gasteiger partial charge is 0.307 e. The SMILES string of the molecule is O=C(Nc1ccnn1Cc1ccc(Cl)cc1)c1cc(F)c(Cl)cc1Cl. The van der Waals surface area contributed by atoms with Crippen molar-refractivity contribution in [3.05, 3.63) is 80.7 Å². The lowest BCUT2D eigenvalue weighted by Crippen LogP contribution is -2.17. The van der Waals surface area contributed by atoms with E-state index in [9.17, 15) is 9.18 Å². The van der Waals surface area contributed by atoms with E-state index in [1.807, 2.05) is 12.1 Å². The van der Waals surface area contributed by atoms with Crippen molar-refractivity contribution in [2.45, 2.75) is 6.54 Å². The maximum atomic E-state index is 13.6. The summed E-state index contributed by atoms with van der Waals surface area (Å²) in [6, 6.07) is 11.1. The molecule has 2 aromatic carbocycles. The van der Waals surface area contributed by atoms with E-state index in [0.717, 1.165) is 11.6 Å². The first-order valence-corrected chi connectivity index (χ1v) is 8.29. The number of hydrogen-bond donors (Lipinski definition) is 1. The van der Waals surface area contributed by atoms with Crippen molar-refractivity contribution in [3.8, 4) is 0 Å². The van der Waals surface area contributed by atoms with Crippen LogP contribution in [-0.4, -0.2) is 15.7 Å². The average Bonchev–Trinajstić information content (AvgIpc) is 3.00. The number of nitrogens with one attached hydrogen (secondary N) is 1. The molecule has 0 saturated carbocycles. The number of hydrogen-bond acceptors (Lipinski definition) is 2. The molecule has 0 aliphatic carbocycles. The summed E-state index contributed by atoms with van der Waals surface area (Å²) in [5.74, 6) is -0.823. The van der Waals surface area contributed by atoms with Gasteiger partial charge in [0.25, 0.3) is 5.91 Å². The summed E-state index contributed by atoms with van der Waals surface area (Å²) >= 11 is 17.5. The highest BCUT2D eigenvalue weighted by atomic mass is 35.5. The number of nitrogens with zero attached hydrogens (tertiary/aromatic N) is 2. The molecule has 0 bridgehead atoms. The van der Waals surface area contributed by atoms with Gasteiger partial charge in [0.2, 0.25) is 0 Å². The Labute approximate surface area is 158 Å². The van der Waals surface area contributed by atoms with Crippen LogP contribution in [0, 0.1) is 5.82 Å². The second-order valence-electron chi connectivity index (χ2n) is 5.20. The van der Waals surface area contributed by atoms with Gasteiger partial charge in [0, 0.05) is 11.1 Å². The van der Waals surface area contributed by atoms with Crippen molar-refractivity contribution in [2.75, 3.05) is 5.32 Å². The van der Waals surface area contributed by atoms with Crippen LogP contribution in [0.5, 0.6) is 0 Å². The summed E-state index contributed by atoms with van der Waals surface area (Å²) in [6.45, 7) is 0.433. The Balaban J connectivity index is 1.80. The Morgan fingerprint density at radius 2 is 1.80 bits per heavy atom. The molecule has 0 radical (unpaired) electrons. The first-order valence-electron chi connectivity index (χ1n) is 7.16. The van der Waals surface area contributed by atoms with Crippen LogP contribution in [0.3, 0.4) is 0 Å². The molecule has 25 heavy (non-hydrogen) atoms. The van der Waals surface area contributed by atoms with E-state index in [1.54, 1.807) is 29.1 Å². The number of carbonyl (C=O) groups excluding carboxylic acids is 1. The van der Waals surface area contributed by atoms with Crippen molar-refractivity contribution >= 4 is 46.5 Å². The molecule has 1 aromatic heterocycles. The molecule has 0 atom stereocenters. The van der Waals surface area contributed by atoms with Gasteiger partial charge in [-0.1, -0.05) is 46.9 Å². The second kappa shape index (κ2) is 7.44. The maximum absolute atomic E-state index is 13.6. The molecule has 3 rings (SSSR count). The predicted molar refractivity (Wildman–Crippen MR) is 97.2 cm³/mol. The fourth-order valence-corrected chi connectivity index (χ4v) is 2.80. The Bertz CT molecular complexity index is 925. The molecule has 0 aliphatic rings. The minimum absolute atomic E-state index is 0.0113. The lowest BCUT2D eigenvalue weighted by atomic mass is 10.2. The summed E-state index contributed by atoms with van der Waals surface area (Å²) in [5.41, 5.74) is 0.946. The predicted octanol–water partition coefficient (Wildman–Crippen LogP) is 5.28. The summed E-state index contributed by atoms with van der Waals surface area (Å²) < 4.78 is 15.2. The van der Waals surface area contributed by atoms with Gasteiger partial charge in [-0.05, 0) is 29.8 Å². The molecular formula is C17H11Cl3FN3O. The molecule has 1 heterocycles. The fraction of sp³-hybridized carbons (Fsp3) is 0.0588. The van der Waals surface area contributed by atoms with Gasteiger partial charge in [0.05, 0.1) is 28.4 Å². The molecule has 0 aliphatic heterocycles. The van der Waals surface area contributed by atoms with Crippen LogP contribution >= 0.6 is 34.8 Å². The van der Waals surface area contributed by atoms with Crippen molar-refractivity contribution in [1.82, 2.24) is 9.78 Å². The van der Waals surface area contributed by atoms with Gasteiger partial charge in [0.1, 0.15) is 11.6 Å². The van der Waals surface area contributed by atoms with E-state index >= 15 is 0 Å². The smallest absolute Gasteiger partial charge is 0.258 e. The summed E-state index contributed by atoms with van der Waals surface area (Å²) in [5, 5.41) is 7.40. The summed E-state index contributed by atoms with van der Waals surface area (Å²) in [6.07, 6.45) is 1.55. The van der Waals surface area contributed by atoms with Crippen LogP contribution in [0.2, 0.25) is 15.1 Å². The quantitative estimate of drug-likeness (QED) is 0.608. The van der Waals surface area contributed by atoms with Crippen molar-refractivity contribution in [1.29, 1.82) is 0 Å². The molecule has 1 amide bonds. The summed E-state index contributed by atoms with van der Waals surface area (Å²) in [7, 11) is 0. The van der Waals surface area contributed by atoms with Crippen LogP contribution in [-0.2, 0) is 6.54 Å². The number of rotatable bonds is 4. The van der Waals surface area contributed by atoms with Gasteiger partial charge >= 0.3 is 0 Å². The van der Waals surface area contributed by atoms with Crippen molar-refractivity contribution in [2.24, 2.45) is 0 Å². The average molecular weight is 399 g/mol. The number of benzene rings is 2. The third-order valence-corrected chi connectivity index (χ3v) is 4.31. The fourth-order valence-electron chi connectivity index (χ4n) is 2.21. The van der Waals surface area contributed by atoms with Gasteiger partial charge in [0.15, 0.2) is 0 Å². The number of aromatic nitrogens is 2. The first-order chi connectivity index (χ1) is 11.9. The van der Waals surface area contributed by atoms with Crippen LogP contribution in [0.4, 0.5) is 10.2 Å². The van der Waals surface area contributed by atoms with E-state index in [2.05, 4.69) is 10.4 Å². The lowest BCUT2D eigenvalue weighted by Gasteiger charge is -2.10. The van der Waals surface area contributed by atoms with Crippen LogP contribution in [0.25, 0.3) is 0 Å². The number of amides is 1. The summed E-state index contributed by atoms with van der Waals surface area (Å²) in [4.78, 5) is 12.4. The zero-order valence-electron chi connectivity index (χ0n) is 12.6. The Hall–Kier alpha value is -2.08. The molecule has 1 N–H and O–H groups in total. The minimum atomic E-state index is -0.717. The number of halogens is 4. The lowest BCUT2D eigenvalue weighted by molar-refractivity contribution is 0.102. The molecule has 0 fully saturated rings. The van der Waals surface area contributed by atoms with Crippen LogP contribution < -0.4 is 5.32 Å². The first kappa shape index (κ1) is 17.7. The van der Waals surface area contributed by atoms with Gasteiger partial charge in [-0.25, -0.2) is 9.07 Å². The highest BCUT2D eigenvalue weighted by Crippen LogP contribution is 2.25. The van der Waals surface area contributed by atoms with Crippen LogP contribution in [0.15, 0.2) is 48.7 Å². The molecule has 3 aromatic rings. The molecular weight excluding hydrogens is 388 g/mol. The highest BCUT2D eigenvalue weighted by molar-refractivity contribution is 6.37. The molecule has 0 saturated heterocycles. The van der Waals surface area contributed by atoms with E-state index in [-0.39, 0.29) is 15.6 Å². The third-order valence-electron chi connectivity index (χ3n) is 3.46. The Morgan fingerprint density at radius 3 is 2.52 bits per heavy atom. The van der Waals surface area contributed by atoms with Crippen molar-refractivity contribution in [3.63, 3.8) is 0 Å². The Morgan fingerprint density at radius 1 is 1.08 bits per heavy atom. The second-order valence-corrected chi connectivity index (χ2v) is 6.45. The third kappa shape index (κ3) is 4.12. The van der Waals surface area contributed by atoms with Gasteiger partial charge in [-0.2, -0.15) is 5.10 Å². The van der Waals surface area contributed by atoms with Crippen molar-refractivity contribution < 1.29 is 9.18 Å². The zero-order valence-corrected chi connectivity index (χ0v) is 14.9. The van der Waals surface area contributed by atoms with E-state index in [1.165, 1.54) is 6.07 Å². The van der Waals surface area contributed by atoms with E-state index in [0.29, 0.717) is 17.4 Å². The van der Waals surface area contributed by atoms with Gasteiger partial charge in [-0.3, -0.25) is 4.79 Å². The molecule has 0 unspecified atom stereocenters. The maximum Gasteiger partial charge on any atom is 0.258 e. The monoisotopic (exact) mass is 397 g/mol. The standard InChI is InChI=1S/C17H11Cl3FN3O/c18-11-3-1-10(2-4-11)9-24-16(5-6-22-24)23-17(25)12-7-15(21)14(20)8-13(12)19/h1-8H,9H2,(H,23,25). The highest BCUT2D eigenvalue weighted by Gasteiger charge is 2.16. The minimum Gasteiger partial charge on any atom is -0.307 e. The van der Waals surface area contributed by atoms with E-state index < -0.39 is 11.7 Å². The van der Waals surface area contributed by atoms with Gasteiger partial charge < -0.3 is 5.32 Å². The normalized spacial score (nSPS) is 10.7. The molecule has 8 heteroatoms. The number of carbonyl (C=O) groups is 1. The zero-order chi connectivity index (χ0) is 18.0. The van der Waals surface area contributed by atoms with Gasteiger partial charge in [-0.15, -0.1) is 0 Å². The molecule has 4 nitrogen and oxygen atoms in total. The molecule has 128 valence electrons. The topological polar surface area (TPSA) is 46.9 Å². The number of anilines is 1. The Kier molecular flexibility index (Phi) is 5.27.